The van der Waals surface area contributed by atoms with Crippen molar-refractivity contribution >= 4 is 89.5 Å². The van der Waals surface area contributed by atoms with Gasteiger partial charge in [-0.15, -0.1) is 0 Å². The molecule has 0 saturated carbocycles. The Bertz CT molecular complexity index is 4590. The number of aromatic nitrogens is 2. The van der Waals surface area contributed by atoms with Crippen LogP contribution < -0.4 is 30.4 Å². The third kappa shape index (κ3) is 8.71. The number of hydrogen-bond donors (Lipinski definition) is 0. The van der Waals surface area contributed by atoms with Gasteiger partial charge in [0.25, 0.3) is 0 Å². The first-order valence-electron chi connectivity index (χ1n) is 29.7. The van der Waals surface area contributed by atoms with Crippen molar-refractivity contribution in [1.29, 1.82) is 0 Å². The van der Waals surface area contributed by atoms with Gasteiger partial charge in [-0.2, -0.15) is 0 Å². The normalized spacial score (nSPS) is 12.7. The van der Waals surface area contributed by atoms with Crippen LogP contribution >= 0.6 is 0 Å². The highest BCUT2D eigenvalue weighted by atomic mass is 28.3. The minimum absolute atomic E-state index is 0.0161. The Balaban J connectivity index is 0.960. The summed E-state index contributed by atoms with van der Waals surface area (Å²) >= 11 is 0. The molecule has 1 aliphatic heterocycles. The smallest absolute Gasteiger partial charge is 0.179 e. The quantitative estimate of drug-likeness (QED) is 0.106. The number of hydrogen-bond acceptors (Lipinski definition) is 2. The lowest BCUT2D eigenvalue weighted by atomic mass is 9.85. The summed E-state index contributed by atoms with van der Waals surface area (Å²) in [5, 5.41) is 10.2. The van der Waals surface area contributed by atoms with E-state index in [1.807, 2.05) is 0 Å². The molecule has 2 aromatic heterocycles. The molecule has 0 spiro atoms. The molecule has 0 radical (unpaired) electrons. The second kappa shape index (κ2) is 20.2. The van der Waals surface area contributed by atoms with Crippen LogP contribution in [-0.2, 0) is 10.8 Å². The summed E-state index contributed by atoms with van der Waals surface area (Å²) in [4.78, 5) is 2.44. The average Bonchev–Trinajstić information content (AvgIpc) is 2.49. The second-order valence-electron chi connectivity index (χ2n) is 25.0. The predicted molar refractivity (Wildman–Crippen MR) is 362 cm³/mol. The Hall–Kier alpha value is -9.94. The largest absolute Gasteiger partial charge is 0.453 e. The van der Waals surface area contributed by atoms with Gasteiger partial charge in [0, 0.05) is 39.4 Å². The summed E-state index contributed by atoms with van der Waals surface area (Å²) in [6.07, 6.45) is 0. The molecule has 0 fully saturated rings. The predicted octanol–water partition coefficient (Wildman–Crippen LogP) is 18.8. The van der Waals surface area contributed by atoms with Gasteiger partial charge in [0.15, 0.2) is 19.6 Å². The van der Waals surface area contributed by atoms with E-state index < -0.39 is 8.07 Å². The molecule has 5 heteroatoms. The van der Waals surface area contributed by atoms with E-state index in [4.69, 9.17) is 4.74 Å². The van der Waals surface area contributed by atoms with Crippen LogP contribution in [0, 0.1) is 0 Å². The summed E-state index contributed by atoms with van der Waals surface area (Å²) in [6.45, 7) is 13.8. The molecule has 3 heterocycles. The highest BCUT2D eigenvalue weighted by molar-refractivity contribution is 7.20. The molecular formula is C80H65N3OSi. The molecule has 0 saturated heterocycles. The number of rotatable bonds is 9. The molecule has 0 amide bonds. The van der Waals surface area contributed by atoms with Crippen molar-refractivity contribution in [2.45, 2.75) is 52.4 Å². The van der Waals surface area contributed by atoms with Gasteiger partial charge in [-0.25, -0.2) is 0 Å². The number of benzene rings is 12. The Morgan fingerprint density at radius 2 is 0.647 bits per heavy atom. The maximum absolute atomic E-state index is 7.48. The van der Waals surface area contributed by atoms with E-state index in [0.29, 0.717) is 0 Å². The van der Waals surface area contributed by atoms with E-state index in [9.17, 15) is 0 Å². The molecular weight excluding hydrogens is 1050 g/mol. The average molecular weight is 1110 g/mol. The first-order valence-corrected chi connectivity index (χ1v) is 31.7. The Labute approximate surface area is 499 Å². The van der Waals surface area contributed by atoms with E-state index in [1.165, 1.54) is 86.7 Å². The zero-order valence-corrected chi connectivity index (χ0v) is 49.9. The van der Waals surface area contributed by atoms with Crippen LogP contribution in [-0.4, -0.2) is 17.2 Å². The van der Waals surface area contributed by atoms with Gasteiger partial charge < -0.3 is 18.8 Å². The van der Waals surface area contributed by atoms with E-state index >= 15 is 0 Å². The lowest BCUT2D eigenvalue weighted by molar-refractivity contribution is 0.476. The van der Waals surface area contributed by atoms with E-state index in [1.54, 1.807) is 0 Å². The number of fused-ring (bicyclic) bond motifs is 8. The monoisotopic (exact) mass is 1110 g/mol. The van der Waals surface area contributed by atoms with Crippen LogP contribution in [0.15, 0.2) is 285 Å². The van der Waals surface area contributed by atoms with Gasteiger partial charge in [0.2, 0.25) is 0 Å². The van der Waals surface area contributed by atoms with Crippen LogP contribution in [0.2, 0.25) is 0 Å². The summed E-state index contributed by atoms with van der Waals surface area (Å²) < 4.78 is 12.3. The van der Waals surface area contributed by atoms with Gasteiger partial charge in [-0.1, -0.05) is 230 Å². The molecule has 12 aromatic carbocycles. The third-order valence-electron chi connectivity index (χ3n) is 17.7. The molecule has 15 rings (SSSR count). The van der Waals surface area contributed by atoms with Crippen molar-refractivity contribution < 1.29 is 4.74 Å². The summed E-state index contributed by atoms with van der Waals surface area (Å²) in [5.41, 5.74) is 17.0. The molecule has 0 N–H and O–H groups in total. The minimum Gasteiger partial charge on any atom is -0.453 e. The fraction of sp³-hybridized carbons (Fsp3) is 0.100. The van der Waals surface area contributed by atoms with Gasteiger partial charge in [0.05, 0.1) is 44.8 Å². The van der Waals surface area contributed by atoms with E-state index in [-0.39, 0.29) is 10.8 Å². The Kier molecular flexibility index (Phi) is 12.3. The molecule has 0 bridgehead atoms. The summed E-state index contributed by atoms with van der Waals surface area (Å²) in [7, 11) is -2.92. The first-order chi connectivity index (χ1) is 41.4. The molecule has 0 unspecified atom stereocenters. The molecule has 410 valence electrons. The van der Waals surface area contributed by atoms with Crippen molar-refractivity contribution in [3.05, 3.63) is 296 Å². The first kappa shape index (κ1) is 51.9. The molecule has 14 aromatic rings. The van der Waals surface area contributed by atoms with Crippen LogP contribution in [0.4, 0.5) is 17.1 Å². The Morgan fingerprint density at radius 1 is 0.282 bits per heavy atom. The maximum Gasteiger partial charge on any atom is 0.179 e. The summed E-state index contributed by atoms with van der Waals surface area (Å²) in [5.74, 6) is 1.55. The zero-order chi connectivity index (χ0) is 57.6. The highest BCUT2D eigenvalue weighted by Gasteiger charge is 2.42. The molecule has 0 aliphatic carbocycles. The number of anilines is 3. The number of nitrogens with zero attached hydrogens (tertiary/aromatic N) is 3. The van der Waals surface area contributed by atoms with Gasteiger partial charge in [-0.3, -0.25) is 0 Å². The summed E-state index contributed by atoms with van der Waals surface area (Å²) in [6, 6.07) is 106. The fourth-order valence-corrected chi connectivity index (χ4v) is 18.2. The third-order valence-corrected chi connectivity index (χ3v) is 22.5. The van der Waals surface area contributed by atoms with Gasteiger partial charge in [0.1, 0.15) is 0 Å². The van der Waals surface area contributed by atoms with Crippen molar-refractivity contribution in [2.24, 2.45) is 0 Å². The lowest BCUT2D eigenvalue weighted by Gasteiger charge is -2.37. The maximum atomic E-state index is 7.48. The lowest BCUT2D eigenvalue weighted by Crippen LogP contribution is -2.74. The molecule has 0 atom stereocenters. The van der Waals surface area contributed by atoms with Crippen molar-refractivity contribution in [3.8, 4) is 45.1 Å². The number of ether oxygens (including phenoxy) is 1. The van der Waals surface area contributed by atoms with Crippen LogP contribution in [0.5, 0.6) is 11.5 Å². The SMILES string of the molecule is CC(C)(C)c1ccc2c(c1)c1cc(C(C)(C)C)ccc1n2-c1ccc2c(c1)Oc1cc(-n3c4ccc(-c5ccccc5)cc4c4cc(-c5ccccc5)ccc43)ccc1N2c1cccc([Si](c2ccccc2)(c2ccccc2)c2ccccc2)c1. The van der Waals surface area contributed by atoms with Crippen LogP contribution in [0.25, 0.3) is 77.2 Å². The van der Waals surface area contributed by atoms with Crippen molar-refractivity contribution in [1.82, 2.24) is 9.13 Å². The van der Waals surface area contributed by atoms with Crippen molar-refractivity contribution in [3.63, 3.8) is 0 Å². The van der Waals surface area contributed by atoms with Gasteiger partial charge in [-0.05, 0) is 150 Å². The van der Waals surface area contributed by atoms with Gasteiger partial charge >= 0.3 is 0 Å². The van der Waals surface area contributed by atoms with E-state index in [0.717, 1.165) is 51.0 Å². The zero-order valence-electron chi connectivity index (χ0n) is 48.9. The minimum atomic E-state index is -2.92. The molecule has 85 heavy (non-hydrogen) atoms. The Morgan fingerprint density at radius 3 is 1.05 bits per heavy atom. The molecule has 4 nitrogen and oxygen atoms in total. The van der Waals surface area contributed by atoms with Crippen molar-refractivity contribution in [2.75, 3.05) is 4.90 Å². The van der Waals surface area contributed by atoms with E-state index in [2.05, 4.69) is 341 Å². The standard InChI is InChI=1S/C80H65N3OSi/c1-79(2,3)58-37-43-73-69(49-58)70-50-59(80(4,5)6)38-44-74(70)82(73)62-40-46-76-78(53-62)84-77-52-61(81-71-41-35-56(54-23-12-7-13-24-54)47-67(71)68-48-57(36-42-72(68)81)55-25-14-8-15-26-55)39-45-75(77)83(76)60-27-22-34-66(51-60)85(63-28-16-9-17-29-63,64-30-18-10-19-31-64)65-32-20-11-21-33-65/h7-53H,1-6H3. The molecule has 1 aliphatic rings. The van der Waals surface area contributed by atoms with Crippen LogP contribution in [0.3, 0.4) is 0 Å². The topological polar surface area (TPSA) is 22.3 Å². The second-order valence-corrected chi connectivity index (χ2v) is 28.8. The van der Waals surface area contributed by atoms with Crippen LogP contribution in [0.1, 0.15) is 52.7 Å². The highest BCUT2D eigenvalue weighted by Crippen LogP contribution is 2.53. The fourth-order valence-electron chi connectivity index (χ4n) is 13.4.